The molecule has 2 aromatic rings. The van der Waals surface area contributed by atoms with Crippen molar-refractivity contribution in [3.63, 3.8) is 0 Å². The summed E-state index contributed by atoms with van der Waals surface area (Å²) in [5.41, 5.74) is 1.23. The van der Waals surface area contributed by atoms with Gasteiger partial charge >= 0.3 is 5.97 Å². The van der Waals surface area contributed by atoms with Crippen LogP contribution < -0.4 is 0 Å². The van der Waals surface area contributed by atoms with Crippen molar-refractivity contribution in [2.45, 2.75) is 19.3 Å². The summed E-state index contributed by atoms with van der Waals surface area (Å²) in [6.45, 7) is 1.82. The van der Waals surface area contributed by atoms with Crippen LogP contribution in [0.15, 0.2) is 24.7 Å². The van der Waals surface area contributed by atoms with E-state index in [0.29, 0.717) is 17.8 Å². The van der Waals surface area contributed by atoms with Crippen molar-refractivity contribution in [3.05, 3.63) is 30.4 Å². The standard InChI is InChI=1S/C10H11N5O2/c1-2-8(10(16)17)9-4-3-7(5-11-9)15-6-12-13-14-15/h3-6,8H,2H2,1H3,(H,16,17). The smallest absolute Gasteiger partial charge is 0.312 e. The summed E-state index contributed by atoms with van der Waals surface area (Å²) in [4.78, 5) is 15.1. The van der Waals surface area contributed by atoms with Gasteiger partial charge < -0.3 is 5.11 Å². The van der Waals surface area contributed by atoms with Crippen molar-refractivity contribution in [1.82, 2.24) is 25.2 Å². The Labute approximate surface area is 97.1 Å². The Hall–Kier alpha value is -2.31. The molecule has 7 nitrogen and oxygen atoms in total. The molecule has 0 aliphatic rings. The zero-order valence-corrected chi connectivity index (χ0v) is 9.19. The summed E-state index contributed by atoms with van der Waals surface area (Å²) in [5, 5.41) is 19.7. The Morgan fingerprint density at radius 3 is 2.82 bits per heavy atom. The number of hydrogen-bond acceptors (Lipinski definition) is 5. The molecule has 88 valence electrons. The van der Waals surface area contributed by atoms with E-state index in [1.165, 1.54) is 11.0 Å². The molecule has 0 amide bonds. The lowest BCUT2D eigenvalue weighted by atomic mass is 10.0. The minimum Gasteiger partial charge on any atom is -0.481 e. The van der Waals surface area contributed by atoms with Crippen LogP contribution in [0, 0.1) is 0 Å². The maximum atomic E-state index is 11.0. The fraction of sp³-hybridized carbons (Fsp3) is 0.300. The highest BCUT2D eigenvalue weighted by Crippen LogP contribution is 2.18. The molecule has 0 aromatic carbocycles. The zero-order chi connectivity index (χ0) is 12.3. The largest absolute Gasteiger partial charge is 0.481 e. The summed E-state index contributed by atoms with van der Waals surface area (Å²) < 4.78 is 1.46. The third kappa shape index (κ3) is 2.27. The Kier molecular flexibility index (Phi) is 3.08. The number of carboxylic acids is 1. The number of tetrazole rings is 1. The fourth-order valence-electron chi connectivity index (χ4n) is 1.53. The number of nitrogens with zero attached hydrogens (tertiary/aromatic N) is 5. The van der Waals surface area contributed by atoms with Gasteiger partial charge in [0.15, 0.2) is 0 Å². The Morgan fingerprint density at radius 1 is 1.53 bits per heavy atom. The topological polar surface area (TPSA) is 93.8 Å². The monoisotopic (exact) mass is 233 g/mol. The van der Waals surface area contributed by atoms with Crippen LogP contribution >= 0.6 is 0 Å². The molecule has 7 heteroatoms. The van der Waals surface area contributed by atoms with Gasteiger partial charge in [0.1, 0.15) is 6.33 Å². The molecule has 2 heterocycles. The van der Waals surface area contributed by atoms with Gasteiger partial charge in [0.2, 0.25) is 0 Å². The summed E-state index contributed by atoms with van der Waals surface area (Å²) in [5.74, 6) is -1.44. The van der Waals surface area contributed by atoms with Gasteiger partial charge in [-0.1, -0.05) is 6.92 Å². The van der Waals surface area contributed by atoms with Crippen LogP contribution in [0.5, 0.6) is 0 Å². The van der Waals surface area contributed by atoms with Crippen LogP contribution in [0.25, 0.3) is 5.69 Å². The maximum Gasteiger partial charge on any atom is 0.312 e. The van der Waals surface area contributed by atoms with Gasteiger partial charge in [0.25, 0.3) is 0 Å². The van der Waals surface area contributed by atoms with Crippen molar-refractivity contribution in [2.75, 3.05) is 0 Å². The van der Waals surface area contributed by atoms with E-state index in [1.54, 1.807) is 18.3 Å². The van der Waals surface area contributed by atoms with E-state index in [4.69, 9.17) is 5.11 Å². The number of pyridine rings is 1. The quantitative estimate of drug-likeness (QED) is 0.832. The second-order valence-electron chi connectivity index (χ2n) is 3.49. The maximum absolute atomic E-state index is 11.0. The number of carbonyl (C=O) groups is 1. The van der Waals surface area contributed by atoms with Gasteiger partial charge in [0, 0.05) is 0 Å². The summed E-state index contributed by atoms with van der Waals surface area (Å²) in [6, 6.07) is 3.42. The van der Waals surface area contributed by atoms with Crippen LogP contribution in [0.4, 0.5) is 0 Å². The molecule has 1 atom stereocenters. The van der Waals surface area contributed by atoms with Gasteiger partial charge in [-0.2, -0.15) is 4.68 Å². The number of aromatic nitrogens is 5. The van der Waals surface area contributed by atoms with E-state index in [1.807, 2.05) is 6.92 Å². The molecule has 1 N–H and O–H groups in total. The third-order valence-corrected chi connectivity index (χ3v) is 2.45. The first-order chi connectivity index (χ1) is 8.22. The van der Waals surface area contributed by atoms with E-state index in [9.17, 15) is 4.79 Å². The van der Waals surface area contributed by atoms with Crippen LogP contribution in [0.3, 0.4) is 0 Å². The van der Waals surface area contributed by atoms with Crippen molar-refractivity contribution < 1.29 is 9.90 Å². The van der Waals surface area contributed by atoms with Gasteiger partial charge in [-0.15, -0.1) is 5.10 Å². The average Bonchev–Trinajstić information content (AvgIpc) is 2.84. The lowest BCUT2D eigenvalue weighted by molar-refractivity contribution is -0.138. The first-order valence-corrected chi connectivity index (χ1v) is 5.14. The summed E-state index contributed by atoms with van der Waals surface area (Å²) in [6.07, 6.45) is 3.51. The summed E-state index contributed by atoms with van der Waals surface area (Å²) in [7, 11) is 0. The molecule has 17 heavy (non-hydrogen) atoms. The van der Waals surface area contributed by atoms with E-state index in [-0.39, 0.29) is 0 Å². The Balaban J connectivity index is 2.26. The van der Waals surface area contributed by atoms with E-state index < -0.39 is 11.9 Å². The molecule has 0 radical (unpaired) electrons. The van der Waals surface area contributed by atoms with Crippen LogP contribution in [0.2, 0.25) is 0 Å². The van der Waals surface area contributed by atoms with Gasteiger partial charge in [-0.25, -0.2) is 0 Å². The van der Waals surface area contributed by atoms with Crippen LogP contribution in [0.1, 0.15) is 25.0 Å². The Morgan fingerprint density at radius 2 is 2.35 bits per heavy atom. The van der Waals surface area contributed by atoms with E-state index >= 15 is 0 Å². The molecule has 0 bridgehead atoms. The van der Waals surface area contributed by atoms with E-state index in [2.05, 4.69) is 20.5 Å². The van der Waals surface area contributed by atoms with Crippen LogP contribution in [-0.2, 0) is 4.79 Å². The number of aliphatic carboxylic acids is 1. The van der Waals surface area contributed by atoms with Gasteiger partial charge in [0.05, 0.1) is 23.5 Å². The normalized spacial score (nSPS) is 12.3. The fourth-order valence-corrected chi connectivity index (χ4v) is 1.53. The molecule has 0 saturated heterocycles. The predicted octanol–water partition coefficient (Wildman–Crippen LogP) is 0.635. The zero-order valence-electron chi connectivity index (χ0n) is 9.19. The molecular weight excluding hydrogens is 222 g/mol. The SMILES string of the molecule is CCC(C(=O)O)c1ccc(-n2cnnn2)cn1. The molecule has 0 saturated carbocycles. The molecule has 1 unspecified atom stereocenters. The van der Waals surface area contributed by atoms with Crippen molar-refractivity contribution in [1.29, 1.82) is 0 Å². The highest BCUT2D eigenvalue weighted by molar-refractivity contribution is 5.75. The molecular formula is C10H11N5O2. The lowest BCUT2D eigenvalue weighted by Gasteiger charge is -2.09. The van der Waals surface area contributed by atoms with Gasteiger partial charge in [-0.05, 0) is 29.0 Å². The van der Waals surface area contributed by atoms with E-state index in [0.717, 1.165) is 0 Å². The highest BCUT2D eigenvalue weighted by Gasteiger charge is 2.18. The number of rotatable bonds is 4. The van der Waals surface area contributed by atoms with Crippen molar-refractivity contribution >= 4 is 5.97 Å². The first kappa shape index (κ1) is 11.2. The average molecular weight is 233 g/mol. The van der Waals surface area contributed by atoms with Gasteiger partial charge in [-0.3, -0.25) is 9.78 Å². The second kappa shape index (κ2) is 4.69. The second-order valence-corrected chi connectivity index (χ2v) is 3.49. The minimum atomic E-state index is -0.866. The molecule has 0 spiro atoms. The van der Waals surface area contributed by atoms with Crippen LogP contribution in [-0.4, -0.2) is 36.3 Å². The molecule has 2 aromatic heterocycles. The molecule has 0 aliphatic carbocycles. The molecule has 0 aliphatic heterocycles. The lowest BCUT2D eigenvalue weighted by Crippen LogP contribution is -2.12. The third-order valence-electron chi connectivity index (χ3n) is 2.45. The van der Waals surface area contributed by atoms with Crippen molar-refractivity contribution in [3.8, 4) is 5.69 Å². The predicted molar refractivity (Wildman–Crippen MR) is 57.6 cm³/mol. The molecule has 0 fully saturated rings. The minimum absolute atomic E-state index is 0.507. The number of hydrogen-bond donors (Lipinski definition) is 1. The highest BCUT2D eigenvalue weighted by atomic mass is 16.4. The summed E-state index contributed by atoms with van der Waals surface area (Å²) >= 11 is 0. The van der Waals surface area contributed by atoms with Crippen molar-refractivity contribution in [2.24, 2.45) is 0 Å². The molecule has 2 rings (SSSR count). The first-order valence-electron chi connectivity index (χ1n) is 5.14. The number of carboxylic acid groups (broad SMARTS) is 1. The Bertz CT molecular complexity index is 494.